The molecule has 0 radical (unpaired) electrons. The van der Waals surface area contributed by atoms with Crippen molar-refractivity contribution >= 4 is 27.8 Å². The van der Waals surface area contributed by atoms with Crippen molar-refractivity contribution in [1.29, 1.82) is 0 Å². The highest BCUT2D eigenvalue weighted by atomic mass is 16.5. The minimum absolute atomic E-state index is 0.146. The Labute approximate surface area is 149 Å². The maximum Gasteiger partial charge on any atom is 0.326 e. The Bertz CT molecular complexity index is 1160. The summed E-state index contributed by atoms with van der Waals surface area (Å²) in [6.07, 6.45) is 1.22. The maximum atomic E-state index is 12.3. The van der Waals surface area contributed by atoms with Crippen LogP contribution < -0.4 is 5.56 Å². The summed E-state index contributed by atoms with van der Waals surface area (Å²) in [5.74, 6) is -0.462. The van der Waals surface area contributed by atoms with Crippen molar-refractivity contribution in [2.24, 2.45) is 0 Å². The smallest absolute Gasteiger partial charge is 0.326 e. The topological polar surface area (TPSA) is 61.2 Å². The molecule has 128 valence electrons. The van der Waals surface area contributed by atoms with Gasteiger partial charge < -0.3 is 4.74 Å². The van der Waals surface area contributed by atoms with Crippen LogP contribution in [-0.2, 0) is 22.7 Å². The molecular weight excluding hydrogens is 328 g/mol. The minimum atomic E-state index is -0.462. The lowest BCUT2D eigenvalue weighted by Crippen LogP contribution is -2.25. The Hall–Kier alpha value is -3.47. The molecule has 1 heterocycles. The number of hydrogen-bond acceptors (Lipinski definition) is 4. The number of aromatic nitrogens is 2. The Morgan fingerprint density at radius 1 is 0.962 bits per heavy atom. The molecule has 0 fully saturated rings. The highest BCUT2D eigenvalue weighted by molar-refractivity contribution is 5.85. The summed E-state index contributed by atoms with van der Waals surface area (Å²) in [7, 11) is 0. The van der Waals surface area contributed by atoms with Crippen LogP contribution >= 0.6 is 0 Å². The van der Waals surface area contributed by atoms with Gasteiger partial charge in [-0.3, -0.25) is 14.2 Å². The molecule has 0 unspecified atom stereocenters. The fraction of sp³-hybridized carbons (Fsp3) is 0.0952. The third-order valence-electron chi connectivity index (χ3n) is 4.31. The summed E-state index contributed by atoms with van der Waals surface area (Å²) < 4.78 is 6.81. The van der Waals surface area contributed by atoms with E-state index < -0.39 is 5.97 Å². The van der Waals surface area contributed by atoms with Gasteiger partial charge in [0.2, 0.25) is 0 Å². The Balaban J connectivity index is 1.55. The van der Waals surface area contributed by atoms with E-state index in [9.17, 15) is 9.59 Å². The van der Waals surface area contributed by atoms with E-state index >= 15 is 0 Å². The summed E-state index contributed by atoms with van der Waals surface area (Å²) in [6.45, 7) is 0.0184. The van der Waals surface area contributed by atoms with Crippen LogP contribution in [0.3, 0.4) is 0 Å². The summed E-state index contributed by atoms with van der Waals surface area (Å²) in [6, 6.07) is 21.0. The summed E-state index contributed by atoms with van der Waals surface area (Å²) >= 11 is 0. The highest BCUT2D eigenvalue weighted by Gasteiger charge is 2.11. The third kappa shape index (κ3) is 3.07. The first-order valence-corrected chi connectivity index (χ1v) is 8.29. The molecule has 0 aliphatic carbocycles. The molecular formula is C21H16N2O3. The molecule has 0 spiro atoms. The van der Waals surface area contributed by atoms with Crippen LogP contribution in [0.5, 0.6) is 0 Å². The van der Waals surface area contributed by atoms with Crippen molar-refractivity contribution < 1.29 is 9.53 Å². The van der Waals surface area contributed by atoms with Crippen molar-refractivity contribution in [1.82, 2.24) is 9.55 Å². The lowest BCUT2D eigenvalue weighted by molar-refractivity contribution is -0.145. The molecule has 5 nitrogen and oxygen atoms in total. The van der Waals surface area contributed by atoms with Gasteiger partial charge in [0.1, 0.15) is 13.2 Å². The van der Waals surface area contributed by atoms with Crippen LogP contribution in [0.1, 0.15) is 5.56 Å². The molecule has 0 aliphatic heterocycles. The van der Waals surface area contributed by atoms with Gasteiger partial charge in [0.15, 0.2) is 0 Å². The molecule has 1 aromatic heterocycles. The van der Waals surface area contributed by atoms with Crippen LogP contribution in [-0.4, -0.2) is 15.5 Å². The summed E-state index contributed by atoms with van der Waals surface area (Å²) in [5.41, 5.74) is 1.88. The number of para-hydroxylation sites is 2. The molecule has 0 aliphatic rings. The van der Waals surface area contributed by atoms with Gasteiger partial charge in [-0.05, 0) is 28.5 Å². The van der Waals surface area contributed by atoms with Crippen molar-refractivity contribution in [3.05, 3.63) is 88.8 Å². The van der Waals surface area contributed by atoms with Gasteiger partial charge in [-0.2, -0.15) is 0 Å². The van der Waals surface area contributed by atoms with Gasteiger partial charge in [0, 0.05) is 0 Å². The molecule has 0 amide bonds. The van der Waals surface area contributed by atoms with E-state index in [2.05, 4.69) is 4.98 Å². The van der Waals surface area contributed by atoms with E-state index in [0.717, 1.165) is 16.3 Å². The molecule has 0 saturated carbocycles. The van der Waals surface area contributed by atoms with Crippen molar-refractivity contribution in [2.75, 3.05) is 0 Å². The Morgan fingerprint density at radius 3 is 2.65 bits per heavy atom. The Morgan fingerprint density at radius 2 is 1.73 bits per heavy atom. The number of benzene rings is 3. The van der Waals surface area contributed by atoms with Crippen molar-refractivity contribution in [2.45, 2.75) is 13.2 Å². The van der Waals surface area contributed by atoms with Crippen molar-refractivity contribution in [3.63, 3.8) is 0 Å². The molecule has 4 aromatic rings. The number of esters is 1. The Kier molecular flexibility index (Phi) is 4.19. The normalized spacial score (nSPS) is 10.9. The van der Waals surface area contributed by atoms with E-state index in [0.29, 0.717) is 11.0 Å². The number of fused-ring (bicyclic) bond motifs is 2. The number of hydrogen-bond donors (Lipinski definition) is 0. The first-order valence-electron chi connectivity index (χ1n) is 8.29. The number of nitrogens with zero attached hydrogens (tertiary/aromatic N) is 2. The molecule has 26 heavy (non-hydrogen) atoms. The first kappa shape index (κ1) is 16.0. The van der Waals surface area contributed by atoms with Crippen LogP contribution in [0, 0.1) is 0 Å². The monoisotopic (exact) mass is 344 g/mol. The second-order valence-corrected chi connectivity index (χ2v) is 5.97. The number of carbonyl (C=O) groups excluding carboxylic acids is 1. The molecule has 0 N–H and O–H groups in total. The molecule has 0 bridgehead atoms. The van der Waals surface area contributed by atoms with Crippen LogP contribution in [0.15, 0.2) is 77.7 Å². The average Bonchev–Trinajstić information content (AvgIpc) is 2.68. The first-order chi connectivity index (χ1) is 12.7. The lowest BCUT2D eigenvalue weighted by atomic mass is 10.1. The fourth-order valence-corrected chi connectivity index (χ4v) is 3.03. The SMILES string of the molecule is O=C(Cn1c(=O)cnc2ccccc21)OCc1cccc2ccccc12. The zero-order chi connectivity index (χ0) is 17.9. The van der Waals surface area contributed by atoms with E-state index in [1.165, 1.54) is 10.8 Å². The average molecular weight is 344 g/mol. The quantitative estimate of drug-likeness (QED) is 0.533. The molecule has 0 atom stereocenters. The van der Waals surface area contributed by atoms with Gasteiger partial charge in [-0.15, -0.1) is 0 Å². The number of ether oxygens (including phenoxy) is 1. The summed E-state index contributed by atoms with van der Waals surface area (Å²) in [5, 5.41) is 2.15. The minimum Gasteiger partial charge on any atom is -0.459 e. The van der Waals surface area contributed by atoms with Crippen LogP contribution in [0.25, 0.3) is 21.8 Å². The van der Waals surface area contributed by atoms with E-state index in [1.807, 2.05) is 48.5 Å². The predicted octanol–water partition coefficient (Wildman–Crippen LogP) is 3.29. The van der Waals surface area contributed by atoms with Gasteiger partial charge >= 0.3 is 5.97 Å². The number of rotatable bonds is 4. The summed E-state index contributed by atoms with van der Waals surface area (Å²) in [4.78, 5) is 28.5. The maximum absolute atomic E-state index is 12.3. The number of carbonyl (C=O) groups is 1. The van der Waals surface area contributed by atoms with Crippen LogP contribution in [0.4, 0.5) is 0 Å². The van der Waals surface area contributed by atoms with Gasteiger partial charge in [-0.25, -0.2) is 4.98 Å². The molecule has 5 heteroatoms. The van der Waals surface area contributed by atoms with Crippen LogP contribution in [0.2, 0.25) is 0 Å². The second-order valence-electron chi connectivity index (χ2n) is 5.97. The molecule has 0 saturated heterocycles. The predicted molar refractivity (Wildman–Crippen MR) is 99.7 cm³/mol. The van der Waals surface area contributed by atoms with E-state index in [-0.39, 0.29) is 18.7 Å². The zero-order valence-corrected chi connectivity index (χ0v) is 14.0. The lowest BCUT2D eigenvalue weighted by Gasteiger charge is -2.11. The van der Waals surface area contributed by atoms with Gasteiger partial charge in [-0.1, -0.05) is 54.6 Å². The third-order valence-corrected chi connectivity index (χ3v) is 4.31. The van der Waals surface area contributed by atoms with Crippen molar-refractivity contribution in [3.8, 4) is 0 Å². The highest BCUT2D eigenvalue weighted by Crippen LogP contribution is 2.19. The van der Waals surface area contributed by atoms with E-state index in [1.54, 1.807) is 18.2 Å². The van der Waals surface area contributed by atoms with Gasteiger partial charge in [0.25, 0.3) is 5.56 Å². The second kappa shape index (κ2) is 6.80. The zero-order valence-electron chi connectivity index (χ0n) is 14.0. The fourth-order valence-electron chi connectivity index (χ4n) is 3.03. The standard InChI is InChI=1S/C21H16N2O3/c24-20-12-22-18-10-3-4-11-19(18)23(20)13-21(25)26-14-16-8-5-7-15-6-1-2-9-17(15)16/h1-12H,13-14H2. The molecule has 3 aromatic carbocycles. The van der Waals surface area contributed by atoms with E-state index in [4.69, 9.17) is 4.74 Å². The molecule has 4 rings (SSSR count). The van der Waals surface area contributed by atoms with Gasteiger partial charge in [0.05, 0.1) is 17.2 Å². The largest absolute Gasteiger partial charge is 0.459 e.